The molecular weight excluding hydrogens is 262 g/mol. The van der Waals surface area contributed by atoms with Gasteiger partial charge in [0.05, 0.1) is 13.2 Å². The van der Waals surface area contributed by atoms with Crippen molar-refractivity contribution in [2.45, 2.75) is 26.3 Å². The highest BCUT2D eigenvalue weighted by Crippen LogP contribution is 2.24. The average molecular weight is 279 g/mol. The standard InChI is InChI=1S/C12H17N5OS/c1-4-8-6-14-11(19-8)7(2)15-9-5-10(18-3)17-12(13)16-9/h5-7H,4H2,1-3H3,(H3,13,15,16,17). The first-order chi connectivity index (χ1) is 9.12. The van der Waals surface area contributed by atoms with Crippen molar-refractivity contribution in [1.82, 2.24) is 15.0 Å². The summed E-state index contributed by atoms with van der Waals surface area (Å²) >= 11 is 1.69. The Hall–Kier alpha value is -1.89. The maximum atomic E-state index is 5.62. The van der Waals surface area contributed by atoms with E-state index < -0.39 is 0 Å². The van der Waals surface area contributed by atoms with Gasteiger partial charge in [-0.15, -0.1) is 11.3 Å². The molecule has 102 valence electrons. The molecule has 0 saturated heterocycles. The molecule has 0 bridgehead atoms. The second-order valence-electron chi connectivity index (χ2n) is 4.04. The van der Waals surface area contributed by atoms with Gasteiger partial charge in [-0.3, -0.25) is 0 Å². The number of thiazole rings is 1. The Balaban J connectivity index is 2.13. The van der Waals surface area contributed by atoms with Crippen molar-refractivity contribution in [2.75, 3.05) is 18.2 Å². The summed E-state index contributed by atoms with van der Waals surface area (Å²) in [6.07, 6.45) is 2.91. The van der Waals surface area contributed by atoms with E-state index in [0.717, 1.165) is 11.4 Å². The second kappa shape index (κ2) is 5.83. The predicted octanol–water partition coefficient (Wildman–Crippen LogP) is 2.26. The molecule has 0 saturated carbocycles. The van der Waals surface area contributed by atoms with Gasteiger partial charge in [0, 0.05) is 17.1 Å². The SMILES string of the molecule is CCc1cnc(C(C)Nc2cc(OC)nc(N)n2)s1. The number of ether oxygens (including phenoxy) is 1. The van der Waals surface area contributed by atoms with Gasteiger partial charge >= 0.3 is 0 Å². The van der Waals surface area contributed by atoms with Gasteiger partial charge in [0.1, 0.15) is 10.8 Å². The molecule has 0 aromatic carbocycles. The highest BCUT2D eigenvalue weighted by molar-refractivity contribution is 7.11. The van der Waals surface area contributed by atoms with Crippen molar-refractivity contribution in [3.05, 3.63) is 22.1 Å². The molecule has 2 aromatic heterocycles. The normalized spacial score (nSPS) is 12.2. The van der Waals surface area contributed by atoms with Crippen LogP contribution in [0.5, 0.6) is 5.88 Å². The van der Waals surface area contributed by atoms with Crippen LogP contribution in [-0.4, -0.2) is 22.1 Å². The van der Waals surface area contributed by atoms with Crippen LogP contribution in [0.4, 0.5) is 11.8 Å². The van der Waals surface area contributed by atoms with Crippen LogP contribution in [0.3, 0.4) is 0 Å². The Morgan fingerprint density at radius 2 is 2.26 bits per heavy atom. The fourth-order valence-electron chi connectivity index (χ4n) is 1.59. The van der Waals surface area contributed by atoms with Gasteiger partial charge in [-0.2, -0.15) is 9.97 Å². The molecule has 7 heteroatoms. The topological polar surface area (TPSA) is 86.0 Å². The van der Waals surface area contributed by atoms with Crippen LogP contribution in [-0.2, 0) is 6.42 Å². The molecule has 0 aliphatic heterocycles. The molecule has 3 N–H and O–H groups in total. The predicted molar refractivity (Wildman–Crippen MR) is 76.5 cm³/mol. The zero-order valence-corrected chi connectivity index (χ0v) is 12.0. The molecule has 1 atom stereocenters. The van der Waals surface area contributed by atoms with Crippen molar-refractivity contribution in [3.63, 3.8) is 0 Å². The van der Waals surface area contributed by atoms with Crippen LogP contribution < -0.4 is 15.8 Å². The molecule has 0 aliphatic rings. The monoisotopic (exact) mass is 279 g/mol. The molecule has 0 fully saturated rings. The molecule has 6 nitrogen and oxygen atoms in total. The molecule has 19 heavy (non-hydrogen) atoms. The molecule has 0 spiro atoms. The number of aromatic nitrogens is 3. The zero-order valence-electron chi connectivity index (χ0n) is 11.2. The van der Waals surface area contributed by atoms with Crippen LogP contribution in [0, 0.1) is 0 Å². The van der Waals surface area contributed by atoms with E-state index in [2.05, 4.69) is 27.2 Å². The number of hydrogen-bond donors (Lipinski definition) is 2. The van der Waals surface area contributed by atoms with Crippen LogP contribution in [0.25, 0.3) is 0 Å². The summed E-state index contributed by atoms with van der Waals surface area (Å²) in [6.45, 7) is 4.15. The van der Waals surface area contributed by atoms with E-state index in [1.807, 2.05) is 13.1 Å². The van der Waals surface area contributed by atoms with Gasteiger partial charge in [0.2, 0.25) is 11.8 Å². The van der Waals surface area contributed by atoms with Crippen molar-refractivity contribution in [2.24, 2.45) is 0 Å². The number of anilines is 2. The highest BCUT2D eigenvalue weighted by atomic mass is 32.1. The number of methoxy groups -OCH3 is 1. The fourth-order valence-corrected chi connectivity index (χ4v) is 2.45. The van der Waals surface area contributed by atoms with E-state index in [0.29, 0.717) is 11.7 Å². The summed E-state index contributed by atoms with van der Waals surface area (Å²) in [7, 11) is 1.54. The highest BCUT2D eigenvalue weighted by Gasteiger charge is 2.12. The van der Waals surface area contributed by atoms with E-state index in [4.69, 9.17) is 10.5 Å². The lowest BCUT2D eigenvalue weighted by atomic mass is 10.3. The molecular formula is C12H17N5OS. The van der Waals surface area contributed by atoms with Crippen LogP contribution >= 0.6 is 11.3 Å². The minimum absolute atomic E-state index is 0.0595. The molecule has 0 aliphatic carbocycles. The van der Waals surface area contributed by atoms with E-state index in [1.54, 1.807) is 24.5 Å². The van der Waals surface area contributed by atoms with Gasteiger partial charge in [-0.1, -0.05) is 6.92 Å². The Labute approximate surface area is 116 Å². The molecule has 2 heterocycles. The summed E-state index contributed by atoms with van der Waals surface area (Å²) in [5, 5.41) is 4.27. The van der Waals surface area contributed by atoms with Gasteiger partial charge in [0.15, 0.2) is 0 Å². The molecule has 2 aromatic rings. The molecule has 0 radical (unpaired) electrons. The second-order valence-corrected chi connectivity index (χ2v) is 5.18. The van der Waals surface area contributed by atoms with E-state index in [1.165, 1.54) is 4.88 Å². The average Bonchev–Trinajstić information content (AvgIpc) is 2.86. The number of nitrogens with zero attached hydrogens (tertiary/aromatic N) is 3. The van der Waals surface area contributed by atoms with Gasteiger partial charge < -0.3 is 15.8 Å². The third kappa shape index (κ3) is 3.31. The van der Waals surface area contributed by atoms with Crippen molar-refractivity contribution in [3.8, 4) is 5.88 Å². The summed E-state index contributed by atoms with van der Waals surface area (Å²) in [4.78, 5) is 13.7. The maximum Gasteiger partial charge on any atom is 0.225 e. The summed E-state index contributed by atoms with van der Waals surface area (Å²) < 4.78 is 5.06. The van der Waals surface area contributed by atoms with E-state index in [-0.39, 0.29) is 12.0 Å². The van der Waals surface area contributed by atoms with Gasteiger partial charge in [-0.05, 0) is 13.3 Å². The van der Waals surface area contributed by atoms with E-state index in [9.17, 15) is 0 Å². The van der Waals surface area contributed by atoms with Crippen LogP contribution in [0.15, 0.2) is 12.3 Å². The Morgan fingerprint density at radius 3 is 2.89 bits per heavy atom. The van der Waals surface area contributed by atoms with Crippen molar-refractivity contribution >= 4 is 23.1 Å². The molecule has 0 amide bonds. The third-order valence-electron chi connectivity index (χ3n) is 2.58. The number of rotatable bonds is 5. The molecule has 1 unspecified atom stereocenters. The lowest BCUT2D eigenvalue weighted by Gasteiger charge is -2.12. The summed E-state index contributed by atoms with van der Waals surface area (Å²) in [6, 6.07) is 1.77. The minimum Gasteiger partial charge on any atom is -0.481 e. The lowest BCUT2D eigenvalue weighted by molar-refractivity contribution is 0.398. The quantitative estimate of drug-likeness (QED) is 0.873. The number of aryl methyl sites for hydroxylation is 1. The number of nitrogen functional groups attached to an aromatic ring is 1. The zero-order chi connectivity index (χ0) is 13.8. The first-order valence-corrected chi connectivity index (χ1v) is 6.83. The first kappa shape index (κ1) is 13.5. The van der Waals surface area contributed by atoms with Crippen molar-refractivity contribution < 1.29 is 4.74 Å². The van der Waals surface area contributed by atoms with Gasteiger partial charge in [-0.25, -0.2) is 4.98 Å². The smallest absolute Gasteiger partial charge is 0.225 e. The Morgan fingerprint density at radius 1 is 1.47 bits per heavy atom. The lowest BCUT2D eigenvalue weighted by Crippen LogP contribution is -2.09. The Bertz CT molecular complexity index is 557. The first-order valence-electron chi connectivity index (χ1n) is 6.02. The Kier molecular flexibility index (Phi) is 4.16. The number of nitrogens with two attached hydrogens (primary N) is 1. The summed E-state index contributed by atoms with van der Waals surface area (Å²) in [5.41, 5.74) is 5.62. The summed E-state index contributed by atoms with van der Waals surface area (Å²) in [5.74, 6) is 1.25. The number of nitrogens with one attached hydrogen (secondary N) is 1. The molecule has 2 rings (SSSR count). The number of hydrogen-bond acceptors (Lipinski definition) is 7. The minimum atomic E-state index is 0.0595. The van der Waals surface area contributed by atoms with Gasteiger partial charge in [0.25, 0.3) is 0 Å². The third-order valence-corrected chi connectivity index (χ3v) is 3.91. The largest absolute Gasteiger partial charge is 0.481 e. The van der Waals surface area contributed by atoms with Crippen LogP contribution in [0.2, 0.25) is 0 Å². The van der Waals surface area contributed by atoms with E-state index >= 15 is 0 Å². The fraction of sp³-hybridized carbons (Fsp3) is 0.417. The van der Waals surface area contributed by atoms with Crippen LogP contribution in [0.1, 0.15) is 29.8 Å². The maximum absolute atomic E-state index is 5.62. The van der Waals surface area contributed by atoms with Crippen molar-refractivity contribution in [1.29, 1.82) is 0 Å².